The third-order valence-corrected chi connectivity index (χ3v) is 2.14. The largest absolute Gasteiger partial charge is 0.285 e. The molecule has 0 amide bonds. The van der Waals surface area contributed by atoms with Crippen molar-refractivity contribution >= 4 is 6.21 Å². The number of rotatable bonds is 4. The Morgan fingerprint density at radius 3 is 2.67 bits per heavy atom. The highest BCUT2D eigenvalue weighted by Gasteiger charge is 2.16. The van der Waals surface area contributed by atoms with Crippen LogP contribution in [0.5, 0.6) is 0 Å². The van der Waals surface area contributed by atoms with E-state index in [1.54, 1.807) is 6.20 Å². The molecule has 0 aliphatic carbocycles. The molecule has 0 aliphatic rings. The number of aromatic nitrogens is 1. The molecule has 15 heavy (non-hydrogen) atoms. The predicted octanol–water partition coefficient (Wildman–Crippen LogP) is 3.33. The van der Waals surface area contributed by atoms with Gasteiger partial charge in [-0.3, -0.25) is 9.98 Å². The van der Waals surface area contributed by atoms with Crippen molar-refractivity contribution in [1.29, 1.82) is 0 Å². The number of nitrogens with zero attached hydrogens (tertiary/aromatic N) is 2. The SMILES string of the molecule is CC(C)CC(C)(C)N=Cc1ccccn1. The minimum Gasteiger partial charge on any atom is -0.285 e. The third kappa shape index (κ3) is 4.73. The van der Waals surface area contributed by atoms with E-state index in [2.05, 4.69) is 37.7 Å². The molecular formula is C13H20N2. The van der Waals surface area contributed by atoms with Gasteiger partial charge in [0.15, 0.2) is 0 Å². The molecule has 1 rings (SSSR count). The van der Waals surface area contributed by atoms with Crippen LogP contribution >= 0.6 is 0 Å². The first-order valence-electron chi connectivity index (χ1n) is 5.46. The summed E-state index contributed by atoms with van der Waals surface area (Å²) in [5.74, 6) is 0.667. The molecule has 0 atom stereocenters. The molecule has 0 saturated carbocycles. The summed E-state index contributed by atoms with van der Waals surface area (Å²) in [4.78, 5) is 8.79. The van der Waals surface area contributed by atoms with E-state index in [1.807, 2.05) is 24.4 Å². The molecule has 0 N–H and O–H groups in total. The summed E-state index contributed by atoms with van der Waals surface area (Å²) >= 11 is 0. The van der Waals surface area contributed by atoms with E-state index >= 15 is 0 Å². The number of hydrogen-bond acceptors (Lipinski definition) is 2. The maximum Gasteiger partial charge on any atom is 0.0808 e. The Morgan fingerprint density at radius 2 is 2.13 bits per heavy atom. The molecule has 0 bridgehead atoms. The molecule has 2 nitrogen and oxygen atoms in total. The van der Waals surface area contributed by atoms with Crippen LogP contribution in [-0.2, 0) is 0 Å². The van der Waals surface area contributed by atoms with Crippen LogP contribution in [0.3, 0.4) is 0 Å². The zero-order chi connectivity index (χ0) is 11.3. The van der Waals surface area contributed by atoms with Crippen LogP contribution in [0.2, 0.25) is 0 Å². The summed E-state index contributed by atoms with van der Waals surface area (Å²) in [6.45, 7) is 8.76. The lowest BCUT2D eigenvalue weighted by Gasteiger charge is -2.21. The fourth-order valence-corrected chi connectivity index (χ4v) is 1.74. The molecule has 1 heterocycles. The topological polar surface area (TPSA) is 25.2 Å². The van der Waals surface area contributed by atoms with E-state index in [1.165, 1.54) is 0 Å². The Hall–Kier alpha value is -1.18. The Labute approximate surface area is 92.5 Å². The minimum absolute atomic E-state index is 0.00564. The van der Waals surface area contributed by atoms with Gasteiger partial charge in [-0.1, -0.05) is 19.9 Å². The van der Waals surface area contributed by atoms with Crippen molar-refractivity contribution < 1.29 is 0 Å². The summed E-state index contributed by atoms with van der Waals surface area (Å²) in [5, 5.41) is 0. The van der Waals surface area contributed by atoms with Gasteiger partial charge in [-0.25, -0.2) is 0 Å². The maximum absolute atomic E-state index is 4.58. The molecule has 0 saturated heterocycles. The average molecular weight is 204 g/mol. The van der Waals surface area contributed by atoms with E-state index in [9.17, 15) is 0 Å². The smallest absolute Gasteiger partial charge is 0.0808 e. The second-order valence-electron chi connectivity index (χ2n) is 4.92. The third-order valence-electron chi connectivity index (χ3n) is 2.14. The quantitative estimate of drug-likeness (QED) is 0.691. The van der Waals surface area contributed by atoms with Gasteiger partial charge in [0.25, 0.3) is 0 Å². The zero-order valence-electron chi connectivity index (χ0n) is 10.1. The van der Waals surface area contributed by atoms with Crippen molar-refractivity contribution in [2.45, 2.75) is 39.7 Å². The average Bonchev–Trinajstić information content (AvgIpc) is 2.15. The second kappa shape index (κ2) is 5.06. The van der Waals surface area contributed by atoms with E-state index in [0.717, 1.165) is 12.1 Å². The summed E-state index contributed by atoms with van der Waals surface area (Å²) < 4.78 is 0. The van der Waals surface area contributed by atoms with E-state index in [4.69, 9.17) is 0 Å². The number of hydrogen-bond donors (Lipinski definition) is 0. The number of pyridine rings is 1. The molecule has 0 spiro atoms. The fourth-order valence-electron chi connectivity index (χ4n) is 1.74. The zero-order valence-corrected chi connectivity index (χ0v) is 10.1. The molecule has 0 fully saturated rings. The van der Waals surface area contributed by atoms with Crippen LogP contribution in [0.4, 0.5) is 0 Å². The Balaban J connectivity index is 2.64. The normalized spacial score (nSPS) is 12.6. The van der Waals surface area contributed by atoms with Crippen LogP contribution in [-0.4, -0.2) is 16.7 Å². The maximum atomic E-state index is 4.58. The van der Waals surface area contributed by atoms with Gasteiger partial charge in [-0.15, -0.1) is 0 Å². The van der Waals surface area contributed by atoms with Gasteiger partial charge in [0.05, 0.1) is 11.2 Å². The van der Waals surface area contributed by atoms with E-state index < -0.39 is 0 Å². The monoisotopic (exact) mass is 204 g/mol. The Bertz CT molecular complexity index is 313. The minimum atomic E-state index is 0.00564. The summed E-state index contributed by atoms with van der Waals surface area (Å²) in [6.07, 6.45) is 4.75. The molecular weight excluding hydrogens is 184 g/mol. The van der Waals surface area contributed by atoms with Crippen molar-refractivity contribution in [3.8, 4) is 0 Å². The Kier molecular flexibility index (Phi) is 4.01. The highest BCUT2D eigenvalue weighted by atomic mass is 14.8. The van der Waals surface area contributed by atoms with Gasteiger partial charge in [0, 0.05) is 12.4 Å². The van der Waals surface area contributed by atoms with Crippen molar-refractivity contribution in [3.63, 3.8) is 0 Å². The summed E-state index contributed by atoms with van der Waals surface area (Å²) in [6, 6.07) is 5.86. The van der Waals surface area contributed by atoms with Gasteiger partial charge >= 0.3 is 0 Å². The van der Waals surface area contributed by atoms with Crippen LogP contribution < -0.4 is 0 Å². The fraction of sp³-hybridized carbons (Fsp3) is 0.538. The summed E-state index contributed by atoms with van der Waals surface area (Å²) in [7, 11) is 0. The molecule has 1 aromatic rings. The van der Waals surface area contributed by atoms with Crippen molar-refractivity contribution in [1.82, 2.24) is 4.98 Å². The lowest BCUT2D eigenvalue weighted by Crippen LogP contribution is -2.19. The molecule has 0 aliphatic heterocycles. The number of aliphatic imine (C=N–C) groups is 1. The first-order valence-corrected chi connectivity index (χ1v) is 5.46. The highest BCUT2D eigenvalue weighted by molar-refractivity contribution is 5.77. The van der Waals surface area contributed by atoms with Crippen molar-refractivity contribution in [2.75, 3.05) is 0 Å². The molecule has 0 aromatic carbocycles. The lowest BCUT2D eigenvalue weighted by molar-refractivity contribution is 0.404. The van der Waals surface area contributed by atoms with Gasteiger partial charge in [-0.05, 0) is 38.3 Å². The van der Waals surface area contributed by atoms with Gasteiger partial charge in [0.2, 0.25) is 0 Å². The van der Waals surface area contributed by atoms with Gasteiger partial charge in [-0.2, -0.15) is 0 Å². The first-order chi connectivity index (χ1) is 6.99. The first kappa shape index (κ1) is 11.9. The van der Waals surface area contributed by atoms with Gasteiger partial charge < -0.3 is 0 Å². The van der Waals surface area contributed by atoms with Crippen LogP contribution in [0, 0.1) is 5.92 Å². The van der Waals surface area contributed by atoms with E-state index in [0.29, 0.717) is 5.92 Å². The standard InChI is InChI=1S/C13H20N2/c1-11(2)9-13(3,4)15-10-12-7-5-6-8-14-12/h5-8,10-11H,9H2,1-4H3. The second-order valence-corrected chi connectivity index (χ2v) is 4.92. The molecule has 0 radical (unpaired) electrons. The van der Waals surface area contributed by atoms with Gasteiger partial charge in [0.1, 0.15) is 0 Å². The highest BCUT2D eigenvalue weighted by Crippen LogP contribution is 2.19. The predicted molar refractivity (Wildman–Crippen MR) is 65.4 cm³/mol. The van der Waals surface area contributed by atoms with Crippen LogP contribution in [0.1, 0.15) is 39.8 Å². The summed E-state index contributed by atoms with van der Waals surface area (Å²) in [5.41, 5.74) is 0.931. The van der Waals surface area contributed by atoms with E-state index in [-0.39, 0.29) is 5.54 Å². The van der Waals surface area contributed by atoms with Crippen molar-refractivity contribution in [2.24, 2.45) is 10.9 Å². The van der Waals surface area contributed by atoms with Crippen LogP contribution in [0.25, 0.3) is 0 Å². The van der Waals surface area contributed by atoms with Crippen molar-refractivity contribution in [3.05, 3.63) is 30.1 Å². The molecule has 1 aromatic heterocycles. The molecule has 0 unspecified atom stereocenters. The molecule has 2 heteroatoms. The molecule has 82 valence electrons. The Morgan fingerprint density at radius 1 is 1.40 bits per heavy atom. The van der Waals surface area contributed by atoms with Crippen LogP contribution in [0.15, 0.2) is 29.4 Å². The lowest BCUT2D eigenvalue weighted by atomic mass is 9.93.